The zero-order chi connectivity index (χ0) is 13.7. The summed E-state index contributed by atoms with van der Waals surface area (Å²) < 4.78 is 5.65. The van der Waals surface area contributed by atoms with Crippen molar-refractivity contribution in [2.45, 2.75) is 26.0 Å². The molecule has 100 valence electrons. The molecule has 1 heterocycles. The van der Waals surface area contributed by atoms with Crippen LogP contribution in [0.5, 0.6) is 5.75 Å². The Morgan fingerprint density at radius 3 is 2.53 bits per heavy atom. The average Bonchev–Trinajstić information content (AvgIpc) is 2.46. The molecule has 0 aliphatic rings. The van der Waals surface area contributed by atoms with Gasteiger partial charge in [0.15, 0.2) is 0 Å². The molecule has 1 aromatic heterocycles. The number of nitrogens with two attached hydrogens (primary N) is 1. The molecule has 0 fully saturated rings. The van der Waals surface area contributed by atoms with Gasteiger partial charge in [-0.3, -0.25) is 4.98 Å². The highest BCUT2D eigenvalue weighted by Gasteiger charge is 2.04. The van der Waals surface area contributed by atoms with Crippen LogP contribution in [0.1, 0.15) is 30.6 Å². The van der Waals surface area contributed by atoms with Crippen molar-refractivity contribution in [1.82, 2.24) is 4.98 Å². The first-order chi connectivity index (χ1) is 9.19. The summed E-state index contributed by atoms with van der Waals surface area (Å²) >= 11 is 5.83. The van der Waals surface area contributed by atoms with Gasteiger partial charge in [-0.2, -0.15) is 0 Å². The highest BCUT2D eigenvalue weighted by molar-refractivity contribution is 6.30. The molecule has 0 amide bonds. The highest BCUT2D eigenvalue weighted by Crippen LogP contribution is 2.17. The lowest BCUT2D eigenvalue weighted by molar-refractivity contribution is 0.304. The van der Waals surface area contributed by atoms with Gasteiger partial charge in [-0.25, -0.2) is 0 Å². The third-order valence-corrected chi connectivity index (χ3v) is 3.15. The summed E-state index contributed by atoms with van der Waals surface area (Å²) in [4.78, 5) is 4.30. The van der Waals surface area contributed by atoms with E-state index in [1.54, 1.807) is 6.20 Å². The molecule has 0 saturated carbocycles. The molecule has 0 spiro atoms. The van der Waals surface area contributed by atoms with E-state index < -0.39 is 0 Å². The van der Waals surface area contributed by atoms with Crippen LogP contribution in [0.4, 0.5) is 0 Å². The lowest BCUT2D eigenvalue weighted by Gasteiger charge is -2.10. The molecule has 0 bridgehead atoms. The second kappa shape index (κ2) is 6.55. The molecule has 4 heteroatoms. The van der Waals surface area contributed by atoms with Crippen LogP contribution in [0.2, 0.25) is 5.02 Å². The van der Waals surface area contributed by atoms with Gasteiger partial charge < -0.3 is 10.5 Å². The fourth-order valence-corrected chi connectivity index (χ4v) is 1.78. The van der Waals surface area contributed by atoms with E-state index in [-0.39, 0.29) is 6.04 Å². The number of benzene rings is 1. The van der Waals surface area contributed by atoms with Crippen LogP contribution in [0.15, 0.2) is 42.6 Å². The molecule has 0 aliphatic heterocycles. The molecule has 2 rings (SSSR count). The maximum atomic E-state index is 5.91. The van der Waals surface area contributed by atoms with E-state index in [0.29, 0.717) is 6.61 Å². The van der Waals surface area contributed by atoms with Crippen LogP contribution < -0.4 is 10.5 Å². The Balaban J connectivity index is 1.94. The predicted octanol–water partition coefficient (Wildman–Crippen LogP) is 3.72. The Kier molecular flexibility index (Phi) is 4.77. The Bertz CT molecular complexity index is 511. The van der Waals surface area contributed by atoms with Crippen molar-refractivity contribution in [2.24, 2.45) is 5.73 Å². The molecule has 2 N–H and O–H groups in total. The van der Waals surface area contributed by atoms with E-state index in [1.807, 2.05) is 43.3 Å². The van der Waals surface area contributed by atoms with E-state index in [1.165, 1.54) is 0 Å². The summed E-state index contributed by atoms with van der Waals surface area (Å²) in [6, 6.07) is 11.4. The number of halogens is 1. The first-order valence-corrected chi connectivity index (χ1v) is 6.65. The Labute approximate surface area is 118 Å². The summed E-state index contributed by atoms with van der Waals surface area (Å²) in [6.07, 6.45) is 2.58. The quantitative estimate of drug-likeness (QED) is 0.905. The second-order valence-electron chi connectivity index (χ2n) is 4.35. The molecule has 19 heavy (non-hydrogen) atoms. The number of nitrogens with zero attached hydrogens (tertiary/aromatic N) is 1. The van der Waals surface area contributed by atoms with Crippen molar-refractivity contribution in [3.8, 4) is 5.75 Å². The molecule has 1 aromatic carbocycles. The minimum absolute atomic E-state index is 0.00897. The number of hydrogen-bond donors (Lipinski definition) is 1. The fourth-order valence-electron chi connectivity index (χ4n) is 1.65. The van der Waals surface area contributed by atoms with E-state index in [0.717, 1.165) is 28.5 Å². The van der Waals surface area contributed by atoms with Gasteiger partial charge in [0.2, 0.25) is 0 Å². The maximum Gasteiger partial charge on any atom is 0.138 e. The number of ether oxygens (including phenoxy) is 1. The van der Waals surface area contributed by atoms with Crippen LogP contribution in [0.3, 0.4) is 0 Å². The predicted molar refractivity (Wildman–Crippen MR) is 77.2 cm³/mol. The zero-order valence-corrected chi connectivity index (χ0v) is 11.6. The molecular formula is C15H17ClN2O. The Morgan fingerprint density at radius 1 is 1.21 bits per heavy atom. The van der Waals surface area contributed by atoms with Gasteiger partial charge in [0.05, 0.1) is 11.9 Å². The van der Waals surface area contributed by atoms with Crippen molar-refractivity contribution in [2.75, 3.05) is 0 Å². The van der Waals surface area contributed by atoms with Crippen molar-refractivity contribution in [3.05, 3.63) is 58.9 Å². The second-order valence-corrected chi connectivity index (χ2v) is 4.79. The van der Waals surface area contributed by atoms with Crippen LogP contribution in [0, 0.1) is 0 Å². The third kappa shape index (κ3) is 3.94. The molecular weight excluding hydrogens is 260 g/mol. The molecule has 3 nitrogen and oxygen atoms in total. The first-order valence-electron chi connectivity index (χ1n) is 6.28. The van der Waals surface area contributed by atoms with E-state index >= 15 is 0 Å². The maximum absolute atomic E-state index is 5.91. The zero-order valence-electron chi connectivity index (χ0n) is 10.8. The monoisotopic (exact) mass is 276 g/mol. The van der Waals surface area contributed by atoms with E-state index in [4.69, 9.17) is 22.1 Å². The van der Waals surface area contributed by atoms with Gasteiger partial charge in [0.1, 0.15) is 12.4 Å². The van der Waals surface area contributed by atoms with Crippen LogP contribution in [-0.4, -0.2) is 4.98 Å². The SMILES string of the molecule is CCC(N)c1ccc(OCc2ccc(Cl)cc2)cn1. The summed E-state index contributed by atoms with van der Waals surface area (Å²) in [7, 11) is 0. The van der Waals surface area contributed by atoms with E-state index in [9.17, 15) is 0 Å². The summed E-state index contributed by atoms with van der Waals surface area (Å²) in [5.41, 5.74) is 7.87. The van der Waals surface area contributed by atoms with Crippen molar-refractivity contribution in [3.63, 3.8) is 0 Å². The molecule has 1 atom stereocenters. The summed E-state index contributed by atoms with van der Waals surface area (Å²) in [5, 5.41) is 0.725. The lowest BCUT2D eigenvalue weighted by atomic mass is 10.1. The van der Waals surface area contributed by atoms with Gasteiger partial charge in [-0.1, -0.05) is 30.7 Å². The van der Waals surface area contributed by atoms with Gasteiger partial charge >= 0.3 is 0 Å². The van der Waals surface area contributed by atoms with Gasteiger partial charge in [-0.05, 0) is 36.2 Å². The van der Waals surface area contributed by atoms with Gasteiger partial charge in [-0.15, -0.1) is 0 Å². The molecule has 0 aliphatic carbocycles. The first kappa shape index (κ1) is 13.8. The number of pyridine rings is 1. The Morgan fingerprint density at radius 2 is 1.95 bits per heavy atom. The van der Waals surface area contributed by atoms with Crippen LogP contribution in [-0.2, 0) is 6.61 Å². The minimum Gasteiger partial charge on any atom is -0.487 e. The summed E-state index contributed by atoms with van der Waals surface area (Å²) in [5.74, 6) is 0.738. The van der Waals surface area contributed by atoms with Gasteiger partial charge in [0, 0.05) is 11.1 Å². The largest absolute Gasteiger partial charge is 0.487 e. The minimum atomic E-state index is -0.00897. The standard InChI is InChI=1S/C15H17ClN2O/c1-2-14(17)15-8-7-13(9-18-15)19-10-11-3-5-12(16)6-4-11/h3-9,14H,2,10,17H2,1H3. The highest BCUT2D eigenvalue weighted by atomic mass is 35.5. The summed E-state index contributed by atoms with van der Waals surface area (Å²) in [6.45, 7) is 2.54. The smallest absolute Gasteiger partial charge is 0.138 e. The molecule has 2 aromatic rings. The number of rotatable bonds is 5. The van der Waals surface area contributed by atoms with Crippen molar-refractivity contribution in [1.29, 1.82) is 0 Å². The topological polar surface area (TPSA) is 48.1 Å². The molecule has 1 unspecified atom stereocenters. The van der Waals surface area contributed by atoms with Gasteiger partial charge in [0.25, 0.3) is 0 Å². The van der Waals surface area contributed by atoms with Crippen LogP contribution >= 0.6 is 11.6 Å². The lowest BCUT2D eigenvalue weighted by Crippen LogP contribution is -2.10. The number of hydrogen-bond acceptors (Lipinski definition) is 3. The number of aromatic nitrogens is 1. The van der Waals surface area contributed by atoms with Crippen molar-refractivity contribution < 1.29 is 4.74 Å². The Hall–Kier alpha value is -1.58. The van der Waals surface area contributed by atoms with E-state index in [2.05, 4.69) is 4.98 Å². The normalized spacial score (nSPS) is 12.2. The van der Waals surface area contributed by atoms with Crippen LogP contribution in [0.25, 0.3) is 0 Å². The average molecular weight is 277 g/mol. The van der Waals surface area contributed by atoms with Crippen molar-refractivity contribution >= 4 is 11.6 Å². The fraction of sp³-hybridized carbons (Fsp3) is 0.267. The third-order valence-electron chi connectivity index (χ3n) is 2.90. The molecule has 0 radical (unpaired) electrons. The molecule has 0 saturated heterocycles.